The summed E-state index contributed by atoms with van der Waals surface area (Å²) in [5.41, 5.74) is 8.84. The summed E-state index contributed by atoms with van der Waals surface area (Å²) in [6.45, 7) is 6.37. The van der Waals surface area contributed by atoms with Crippen molar-refractivity contribution in [2.45, 2.75) is 57.9 Å². The van der Waals surface area contributed by atoms with Gasteiger partial charge in [-0.25, -0.2) is 0 Å². The molecule has 1 fully saturated rings. The van der Waals surface area contributed by atoms with Crippen molar-refractivity contribution in [2.75, 3.05) is 20.1 Å². The van der Waals surface area contributed by atoms with E-state index in [-0.39, 0.29) is 0 Å². The van der Waals surface area contributed by atoms with Crippen LogP contribution in [0, 0.1) is 5.92 Å². The number of hydrogen-bond acceptors (Lipinski definition) is 2. The van der Waals surface area contributed by atoms with Crippen LogP contribution in [-0.2, 0) is 0 Å². The molecule has 1 aromatic rings. The maximum absolute atomic E-state index is 6.07. The van der Waals surface area contributed by atoms with Gasteiger partial charge in [0.2, 0.25) is 0 Å². The fraction of sp³-hybridized carbons (Fsp3) is 0.684. The van der Waals surface area contributed by atoms with Gasteiger partial charge in [-0.1, -0.05) is 57.4 Å². The van der Waals surface area contributed by atoms with Crippen molar-refractivity contribution in [3.63, 3.8) is 0 Å². The second-order valence-corrected chi connectivity index (χ2v) is 7.02. The Kier molecular flexibility index (Phi) is 6.25. The average molecular weight is 288 g/mol. The number of likely N-dealkylation sites (N-methyl/N-ethyl adjacent to an activating group) is 1. The molecule has 2 N–H and O–H groups in total. The third-order valence-electron chi connectivity index (χ3n) is 5.01. The van der Waals surface area contributed by atoms with Crippen molar-refractivity contribution >= 4 is 0 Å². The molecule has 1 atom stereocenters. The van der Waals surface area contributed by atoms with E-state index in [9.17, 15) is 0 Å². The SMILES string of the molecule is CC(C)c1ccc(C(CN)N(C)CC2CCCCC2)cc1. The Balaban J connectivity index is 2.00. The molecule has 0 saturated heterocycles. The van der Waals surface area contributed by atoms with Crippen LogP contribution in [-0.4, -0.2) is 25.0 Å². The van der Waals surface area contributed by atoms with E-state index < -0.39 is 0 Å². The summed E-state index contributed by atoms with van der Waals surface area (Å²) in [5.74, 6) is 1.46. The zero-order chi connectivity index (χ0) is 15.2. The monoisotopic (exact) mass is 288 g/mol. The highest BCUT2D eigenvalue weighted by atomic mass is 15.1. The molecule has 0 spiro atoms. The number of benzene rings is 1. The van der Waals surface area contributed by atoms with Gasteiger partial charge in [0.25, 0.3) is 0 Å². The second-order valence-electron chi connectivity index (χ2n) is 7.02. The number of hydrogen-bond donors (Lipinski definition) is 1. The van der Waals surface area contributed by atoms with Gasteiger partial charge in [0.05, 0.1) is 0 Å². The molecule has 2 nitrogen and oxygen atoms in total. The largest absolute Gasteiger partial charge is 0.329 e. The van der Waals surface area contributed by atoms with Gasteiger partial charge >= 0.3 is 0 Å². The van der Waals surface area contributed by atoms with Crippen molar-refractivity contribution in [1.82, 2.24) is 4.90 Å². The molecule has 0 amide bonds. The minimum Gasteiger partial charge on any atom is -0.329 e. The molecule has 118 valence electrons. The van der Waals surface area contributed by atoms with Gasteiger partial charge in [-0.2, -0.15) is 0 Å². The van der Waals surface area contributed by atoms with Crippen LogP contribution in [0.25, 0.3) is 0 Å². The summed E-state index contributed by atoms with van der Waals surface area (Å²) in [5, 5.41) is 0. The topological polar surface area (TPSA) is 29.3 Å². The highest BCUT2D eigenvalue weighted by Crippen LogP contribution is 2.27. The zero-order valence-electron chi connectivity index (χ0n) is 14.0. The first-order valence-electron chi connectivity index (χ1n) is 8.62. The summed E-state index contributed by atoms with van der Waals surface area (Å²) in [6, 6.07) is 9.41. The molecule has 0 aliphatic heterocycles. The number of rotatable bonds is 6. The molecule has 1 aromatic carbocycles. The Morgan fingerprint density at radius 2 is 1.62 bits per heavy atom. The van der Waals surface area contributed by atoms with E-state index in [2.05, 4.69) is 50.1 Å². The number of nitrogens with zero attached hydrogens (tertiary/aromatic N) is 1. The zero-order valence-corrected chi connectivity index (χ0v) is 14.0. The molecule has 0 radical (unpaired) electrons. The lowest BCUT2D eigenvalue weighted by molar-refractivity contribution is 0.185. The molecule has 21 heavy (non-hydrogen) atoms. The quantitative estimate of drug-likeness (QED) is 0.844. The van der Waals surface area contributed by atoms with E-state index in [4.69, 9.17) is 5.73 Å². The van der Waals surface area contributed by atoms with Gasteiger partial charge < -0.3 is 5.73 Å². The fourth-order valence-corrected chi connectivity index (χ4v) is 3.58. The Morgan fingerprint density at radius 1 is 1.05 bits per heavy atom. The van der Waals surface area contributed by atoms with E-state index >= 15 is 0 Å². The van der Waals surface area contributed by atoms with Gasteiger partial charge in [-0.15, -0.1) is 0 Å². The van der Waals surface area contributed by atoms with Crippen LogP contribution in [0.5, 0.6) is 0 Å². The summed E-state index contributed by atoms with van der Waals surface area (Å²) in [7, 11) is 2.24. The van der Waals surface area contributed by atoms with Crippen molar-refractivity contribution in [2.24, 2.45) is 11.7 Å². The highest BCUT2D eigenvalue weighted by molar-refractivity contribution is 5.27. The van der Waals surface area contributed by atoms with Gasteiger partial charge in [-0.05, 0) is 42.9 Å². The van der Waals surface area contributed by atoms with Crippen LogP contribution < -0.4 is 5.73 Å². The van der Waals surface area contributed by atoms with Crippen LogP contribution in [0.1, 0.15) is 69.0 Å². The molecule has 0 aromatic heterocycles. The smallest absolute Gasteiger partial charge is 0.0467 e. The molecule has 0 heterocycles. The maximum atomic E-state index is 6.07. The second kappa shape index (κ2) is 7.95. The lowest BCUT2D eigenvalue weighted by Crippen LogP contribution is -2.34. The maximum Gasteiger partial charge on any atom is 0.0467 e. The predicted molar refractivity (Wildman–Crippen MR) is 91.5 cm³/mol. The van der Waals surface area contributed by atoms with E-state index in [1.165, 1.54) is 49.8 Å². The molecule has 1 saturated carbocycles. The highest BCUT2D eigenvalue weighted by Gasteiger charge is 2.21. The van der Waals surface area contributed by atoms with Crippen molar-refractivity contribution in [1.29, 1.82) is 0 Å². The average Bonchev–Trinajstić information content (AvgIpc) is 2.49. The van der Waals surface area contributed by atoms with E-state index in [0.29, 0.717) is 18.5 Å². The van der Waals surface area contributed by atoms with Crippen molar-refractivity contribution in [3.8, 4) is 0 Å². The Bertz CT molecular complexity index is 404. The van der Waals surface area contributed by atoms with Crippen molar-refractivity contribution < 1.29 is 0 Å². The van der Waals surface area contributed by atoms with Gasteiger partial charge in [0.15, 0.2) is 0 Å². The molecular weight excluding hydrogens is 256 g/mol. The van der Waals surface area contributed by atoms with E-state index in [1.807, 2.05) is 0 Å². The molecule has 0 bridgehead atoms. The Morgan fingerprint density at radius 3 is 2.14 bits per heavy atom. The van der Waals surface area contributed by atoms with Crippen LogP contribution in [0.4, 0.5) is 0 Å². The first-order valence-corrected chi connectivity index (χ1v) is 8.62. The fourth-order valence-electron chi connectivity index (χ4n) is 3.58. The summed E-state index contributed by atoms with van der Waals surface area (Å²) >= 11 is 0. The molecule has 2 rings (SSSR count). The molecule has 1 aliphatic carbocycles. The van der Waals surface area contributed by atoms with Crippen LogP contribution in [0.3, 0.4) is 0 Å². The molecule has 1 unspecified atom stereocenters. The Hall–Kier alpha value is -0.860. The molecule has 2 heteroatoms. The van der Waals surface area contributed by atoms with Gasteiger partial charge in [0, 0.05) is 19.1 Å². The Labute approximate surface area is 130 Å². The van der Waals surface area contributed by atoms with Gasteiger partial charge in [0.1, 0.15) is 0 Å². The summed E-state index contributed by atoms with van der Waals surface area (Å²) in [6.07, 6.45) is 7.04. The van der Waals surface area contributed by atoms with Crippen LogP contribution in [0.15, 0.2) is 24.3 Å². The molecular formula is C19H32N2. The predicted octanol–water partition coefficient (Wildman–Crippen LogP) is 4.32. The van der Waals surface area contributed by atoms with E-state index in [0.717, 1.165) is 5.92 Å². The third kappa shape index (κ3) is 4.55. The first kappa shape index (κ1) is 16.5. The van der Waals surface area contributed by atoms with Gasteiger partial charge in [-0.3, -0.25) is 4.90 Å². The first-order chi connectivity index (χ1) is 10.1. The number of nitrogens with two attached hydrogens (primary N) is 1. The molecule has 1 aliphatic rings. The summed E-state index contributed by atoms with van der Waals surface area (Å²) < 4.78 is 0. The standard InChI is InChI=1S/C19H32N2/c1-15(2)17-9-11-18(12-10-17)19(13-20)21(3)14-16-7-5-4-6-8-16/h9-12,15-16,19H,4-8,13-14,20H2,1-3H3. The minimum absolute atomic E-state index is 0.355. The van der Waals surface area contributed by atoms with E-state index in [1.54, 1.807) is 0 Å². The van der Waals surface area contributed by atoms with Crippen molar-refractivity contribution in [3.05, 3.63) is 35.4 Å². The van der Waals surface area contributed by atoms with Crippen LogP contribution in [0.2, 0.25) is 0 Å². The lowest BCUT2D eigenvalue weighted by atomic mass is 9.88. The normalized spacial score (nSPS) is 18.4. The van der Waals surface area contributed by atoms with Crippen LogP contribution >= 0.6 is 0 Å². The summed E-state index contributed by atoms with van der Waals surface area (Å²) in [4.78, 5) is 2.47. The third-order valence-corrected chi connectivity index (χ3v) is 5.01. The lowest BCUT2D eigenvalue weighted by Gasteiger charge is -2.32. The minimum atomic E-state index is 0.355.